The van der Waals surface area contributed by atoms with Gasteiger partial charge in [-0.05, 0) is 43.5 Å². The van der Waals surface area contributed by atoms with E-state index in [0.29, 0.717) is 19.7 Å². The number of ether oxygens (including phenoxy) is 1. The lowest BCUT2D eigenvalue weighted by Crippen LogP contribution is -2.36. The van der Waals surface area contributed by atoms with E-state index in [1.807, 2.05) is 62.4 Å². The number of hydrogen-bond donors (Lipinski definition) is 2. The van der Waals surface area contributed by atoms with Crippen molar-refractivity contribution < 1.29 is 9.53 Å². The highest BCUT2D eigenvalue weighted by molar-refractivity contribution is 5.73. The minimum absolute atomic E-state index is 0.149. The number of carbonyl (C=O) groups is 1. The lowest BCUT2D eigenvalue weighted by atomic mass is 10.1. The van der Waals surface area contributed by atoms with Crippen LogP contribution in [0.1, 0.15) is 23.1 Å². The van der Waals surface area contributed by atoms with Gasteiger partial charge in [-0.25, -0.2) is 4.79 Å². The standard InChI is InChI=1S/C19H24N2O2/c1-15-8-10-18(11-9-15)23-13-5-12-20-19(22)21-14-17-7-4-3-6-16(17)2/h3-4,6-11H,5,12-14H2,1-2H3,(H2,20,21,22). The molecule has 0 saturated heterocycles. The van der Waals surface area contributed by atoms with Crippen LogP contribution in [0.5, 0.6) is 5.75 Å². The average molecular weight is 312 g/mol. The van der Waals surface area contributed by atoms with Gasteiger partial charge in [0.05, 0.1) is 6.61 Å². The van der Waals surface area contributed by atoms with Crippen LogP contribution >= 0.6 is 0 Å². The van der Waals surface area contributed by atoms with E-state index in [-0.39, 0.29) is 6.03 Å². The van der Waals surface area contributed by atoms with Gasteiger partial charge >= 0.3 is 6.03 Å². The highest BCUT2D eigenvalue weighted by atomic mass is 16.5. The maximum absolute atomic E-state index is 11.7. The van der Waals surface area contributed by atoms with Crippen LogP contribution in [-0.2, 0) is 6.54 Å². The van der Waals surface area contributed by atoms with Crippen molar-refractivity contribution in [1.82, 2.24) is 10.6 Å². The lowest BCUT2D eigenvalue weighted by Gasteiger charge is -2.10. The quantitative estimate of drug-likeness (QED) is 0.768. The molecule has 23 heavy (non-hydrogen) atoms. The molecule has 0 aliphatic rings. The molecule has 0 aromatic heterocycles. The van der Waals surface area contributed by atoms with Gasteiger partial charge in [0.1, 0.15) is 5.75 Å². The second-order valence-electron chi connectivity index (χ2n) is 5.55. The molecule has 2 aromatic carbocycles. The molecule has 2 N–H and O–H groups in total. The van der Waals surface area contributed by atoms with Crippen molar-refractivity contribution in [3.63, 3.8) is 0 Å². The highest BCUT2D eigenvalue weighted by Gasteiger charge is 2.01. The van der Waals surface area contributed by atoms with E-state index in [9.17, 15) is 4.79 Å². The summed E-state index contributed by atoms with van der Waals surface area (Å²) >= 11 is 0. The van der Waals surface area contributed by atoms with E-state index in [0.717, 1.165) is 17.7 Å². The molecule has 2 aromatic rings. The summed E-state index contributed by atoms with van der Waals surface area (Å²) in [5, 5.41) is 5.70. The SMILES string of the molecule is Cc1ccc(OCCCNC(=O)NCc2ccccc2C)cc1. The van der Waals surface area contributed by atoms with Crippen LogP contribution in [0.15, 0.2) is 48.5 Å². The van der Waals surface area contributed by atoms with Gasteiger partial charge in [0, 0.05) is 13.1 Å². The van der Waals surface area contributed by atoms with E-state index in [1.165, 1.54) is 11.1 Å². The average Bonchev–Trinajstić information content (AvgIpc) is 2.55. The van der Waals surface area contributed by atoms with E-state index in [4.69, 9.17) is 4.74 Å². The van der Waals surface area contributed by atoms with Gasteiger partial charge in [0.25, 0.3) is 0 Å². The van der Waals surface area contributed by atoms with Crippen LogP contribution in [0.4, 0.5) is 4.79 Å². The van der Waals surface area contributed by atoms with Gasteiger partial charge in [0.15, 0.2) is 0 Å². The van der Waals surface area contributed by atoms with E-state index >= 15 is 0 Å². The molecule has 4 nitrogen and oxygen atoms in total. The first-order valence-electron chi connectivity index (χ1n) is 7.91. The second kappa shape index (κ2) is 8.83. The largest absolute Gasteiger partial charge is 0.494 e. The molecule has 2 amide bonds. The first kappa shape index (κ1) is 16.9. The normalized spacial score (nSPS) is 10.2. The Bertz CT molecular complexity index is 624. The number of aryl methyl sites for hydroxylation is 2. The Kier molecular flexibility index (Phi) is 6.48. The zero-order valence-corrected chi connectivity index (χ0v) is 13.8. The van der Waals surface area contributed by atoms with Crippen molar-refractivity contribution in [2.24, 2.45) is 0 Å². The zero-order chi connectivity index (χ0) is 16.5. The Labute approximate surface area is 137 Å². The van der Waals surface area contributed by atoms with Gasteiger partial charge in [0.2, 0.25) is 0 Å². The molecule has 0 heterocycles. The monoisotopic (exact) mass is 312 g/mol. The molecule has 0 fully saturated rings. The molecule has 122 valence electrons. The Balaban J connectivity index is 1.58. The molecular formula is C19H24N2O2. The molecule has 0 aliphatic heterocycles. The fraction of sp³-hybridized carbons (Fsp3) is 0.316. The van der Waals surface area contributed by atoms with Crippen LogP contribution < -0.4 is 15.4 Å². The number of urea groups is 1. The van der Waals surface area contributed by atoms with Crippen LogP contribution in [0.2, 0.25) is 0 Å². The predicted octanol–water partition coefficient (Wildman–Crippen LogP) is 3.57. The van der Waals surface area contributed by atoms with Crippen molar-refractivity contribution in [2.45, 2.75) is 26.8 Å². The van der Waals surface area contributed by atoms with Crippen LogP contribution in [0.25, 0.3) is 0 Å². The van der Waals surface area contributed by atoms with Crippen LogP contribution in [0.3, 0.4) is 0 Å². The summed E-state index contributed by atoms with van der Waals surface area (Å²) in [6, 6.07) is 15.8. The summed E-state index contributed by atoms with van der Waals surface area (Å²) < 4.78 is 5.62. The molecule has 0 radical (unpaired) electrons. The molecular weight excluding hydrogens is 288 g/mol. The van der Waals surface area contributed by atoms with E-state index < -0.39 is 0 Å². The predicted molar refractivity (Wildman–Crippen MR) is 92.7 cm³/mol. The second-order valence-corrected chi connectivity index (χ2v) is 5.55. The Morgan fingerprint density at radius 3 is 2.48 bits per heavy atom. The lowest BCUT2D eigenvalue weighted by molar-refractivity contribution is 0.238. The number of amides is 2. The third kappa shape index (κ3) is 6.02. The number of carbonyl (C=O) groups excluding carboxylic acids is 1. The maximum atomic E-state index is 11.7. The third-order valence-electron chi connectivity index (χ3n) is 3.60. The zero-order valence-electron chi connectivity index (χ0n) is 13.8. The smallest absolute Gasteiger partial charge is 0.315 e. The molecule has 0 unspecified atom stereocenters. The van der Waals surface area contributed by atoms with Gasteiger partial charge < -0.3 is 15.4 Å². The van der Waals surface area contributed by atoms with Gasteiger partial charge in [-0.1, -0.05) is 42.0 Å². The fourth-order valence-electron chi connectivity index (χ4n) is 2.15. The topological polar surface area (TPSA) is 50.4 Å². The number of hydrogen-bond acceptors (Lipinski definition) is 2. The van der Waals surface area contributed by atoms with Crippen LogP contribution in [-0.4, -0.2) is 19.2 Å². The van der Waals surface area contributed by atoms with Crippen molar-refractivity contribution in [3.8, 4) is 5.75 Å². The Hall–Kier alpha value is -2.49. The molecule has 2 rings (SSSR count). The van der Waals surface area contributed by atoms with Gasteiger partial charge in [-0.2, -0.15) is 0 Å². The minimum Gasteiger partial charge on any atom is -0.494 e. The number of rotatable bonds is 7. The summed E-state index contributed by atoms with van der Waals surface area (Å²) in [6.07, 6.45) is 0.770. The first-order chi connectivity index (χ1) is 11.1. The van der Waals surface area contributed by atoms with Gasteiger partial charge in [-0.15, -0.1) is 0 Å². The van der Waals surface area contributed by atoms with Crippen LogP contribution in [0, 0.1) is 13.8 Å². The Morgan fingerprint density at radius 1 is 1.00 bits per heavy atom. The van der Waals surface area contributed by atoms with E-state index in [1.54, 1.807) is 0 Å². The molecule has 0 spiro atoms. The summed E-state index contributed by atoms with van der Waals surface area (Å²) in [5.74, 6) is 0.861. The fourth-order valence-corrected chi connectivity index (χ4v) is 2.15. The minimum atomic E-state index is -0.149. The Morgan fingerprint density at radius 2 is 1.74 bits per heavy atom. The molecule has 0 saturated carbocycles. The third-order valence-corrected chi connectivity index (χ3v) is 3.60. The van der Waals surface area contributed by atoms with E-state index in [2.05, 4.69) is 10.6 Å². The summed E-state index contributed by atoms with van der Waals surface area (Å²) in [4.78, 5) is 11.7. The molecule has 0 aliphatic carbocycles. The maximum Gasteiger partial charge on any atom is 0.315 e. The van der Waals surface area contributed by atoms with Gasteiger partial charge in [-0.3, -0.25) is 0 Å². The molecule has 0 atom stereocenters. The van der Waals surface area contributed by atoms with Crippen molar-refractivity contribution in [2.75, 3.05) is 13.2 Å². The first-order valence-corrected chi connectivity index (χ1v) is 7.91. The van der Waals surface area contributed by atoms with Crippen molar-refractivity contribution in [3.05, 3.63) is 65.2 Å². The molecule has 0 bridgehead atoms. The highest BCUT2D eigenvalue weighted by Crippen LogP contribution is 2.11. The number of benzene rings is 2. The number of nitrogens with one attached hydrogen (secondary N) is 2. The summed E-state index contributed by atoms with van der Waals surface area (Å²) in [5.41, 5.74) is 3.52. The summed E-state index contributed by atoms with van der Waals surface area (Å²) in [6.45, 7) is 5.80. The van der Waals surface area contributed by atoms with Crippen molar-refractivity contribution in [1.29, 1.82) is 0 Å². The summed E-state index contributed by atoms with van der Waals surface area (Å²) in [7, 11) is 0. The molecule has 4 heteroatoms. The van der Waals surface area contributed by atoms with Crippen molar-refractivity contribution >= 4 is 6.03 Å².